The Hall–Kier alpha value is -3.37. The molecule has 0 radical (unpaired) electrons. The molecule has 0 unspecified atom stereocenters. The van der Waals surface area contributed by atoms with E-state index < -0.39 is 46.4 Å². The lowest BCUT2D eigenvalue weighted by atomic mass is 9.79. The van der Waals surface area contributed by atoms with Gasteiger partial charge in [-0.05, 0) is 35.7 Å². The van der Waals surface area contributed by atoms with Gasteiger partial charge in [0.05, 0.1) is 11.5 Å². The summed E-state index contributed by atoms with van der Waals surface area (Å²) in [5.74, 6) is 0. The van der Waals surface area contributed by atoms with Gasteiger partial charge < -0.3 is 19.3 Å². The molecule has 0 spiro atoms. The van der Waals surface area contributed by atoms with Crippen molar-refractivity contribution in [1.29, 1.82) is 0 Å². The molecule has 206 valence electrons. The molecule has 2 aliphatic heterocycles. The molecule has 4 aromatic rings. The molecule has 5 atom stereocenters. The quantitative estimate of drug-likeness (QED) is 0.250. The van der Waals surface area contributed by atoms with Gasteiger partial charge in [0, 0.05) is 0 Å². The van der Waals surface area contributed by atoms with Crippen molar-refractivity contribution in [3.8, 4) is 0 Å². The molecule has 0 aliphatic carbocycles. The number of hydrogen-bond donors (Lipinski definition) is 1. The van der Waals surface area contributed by atoms with Crippen LogP contribution in [0.4, 0.5) is 0 Å². The normalized spacial score (nSPS) is 24.6. The van der Waals surface area contributed by atoms with Crippen LogP contribution in [0.3, 0.4) is 0 Å². The number of benzene rings is 4. The number of ether oxygens (including phenoxy) is 3. The van der Waals surface area contributed by atoms with Crippen LogP contribution in [0.2, 0.25) is 0 Å². The SMILES string of the molecule is Cc1ccc(S(=O)(=O)O[C@H]2[C@@H]3OC[C@@H](O3)[C@@H](OC(c3ccccc3)(c3ccccc3)c3ccccc3)[C@@H]2O)cc1. The summed E-state index contributed by atoms with van der Waals surface area (Å²) in [7, 11) is -4.23. The van der Waals surface area contributed by atoms with Crippen molar-refractivity contribution in [2.75, 3.05) is 6.61 Å². The van der Waals surface area contributed by atoms with Gasteiger partial charge in [-0.3, -0.25) is 4.18 Å². The number of rotatable bonds is 8. The molecule has 0 aromatic heterocycles. The number of aliphatic hydroxyl groups is 1. The Bertz CT molecular complexity index is 1430. The Labute approximate surface area is 234 Å². The van der Waals surface area contributed by atoms with Crippen molar-refractivity contribution in [2.24, 2.45) is 0 Å². The zero-order valence-electron chi connectivity index (χ0n) is 21.9. The second kappa shape index (κ2) is 10.9. The average Bonchev–Trinajstić information content (AvgIpc) is 3.44. The lowest BCUT2D eigenvalue weighted by Gasteiger charge is -2.44. The Morgan fingerprint density at radius 3 is 1.75 bits per heavy atom. The minimum Gasteiger partial charge on any atom is -0.387 e. The molecule has 0 amide bonds. The second-order valence-electron chi connectivity index (χ2n) is 10.1. The van der Waals surface area contributed by atoms with Crippen LogP contribution < -0.4 is 0 Å². The minimum absolute atomic E-state index is 0.0184. The summed E-state index contributed by atoms with van der Waals surface area (Å²) in [6, 6.07) is 35.5. The van der Waals surface area contributed by atoms with Gasteiger partial charge in [0.1, 0.15) is 23.9 Å². The lowest BCUT2D eigenvalue weighted by Crippen LogP contribution is -2.58. The summed E-state index contributed by atoms with van der Waals surface area (Å²) in [4.78, 5) is -0.0184. The summed E-state index contributed by atoms with van der Waals surface area (Å²) in [5.41, 5.74) is 2.27. The maximum atomic E-state index is 13.2. The molecule has 2 bridgehead atoms. The van der Waals surface area contributed by atoms with Crippen molar-refractivity contribution in [3.05, 3.63) is 138 Å². The Morgan fingerprint density at radius 1 is 0.750 bits per heavy atom. The summed E-state index contributed by atoms with van der Waals surface area (Å²) < 4.78 is 50.8. The maximum Gasteiger partial charge on any atom is 0.297 e. The molecule has 40 heavy (non-hydrogen) atoms. The van der Waals surface area contributed by atoms with E-state index >= 15 is 0 Å². The third-order valence-electron chi connectivity index (χ3n) is 7.44. The standard InChI is InChI=1S/C32H30O7S/c1-22-17-19-26(20-18-22)40(34,35)39-30-28(33)29(27-21-36-31(30)37-27)38-32(23-11-5-2-6-12-23,24-13-7-3-8-14-24)25-15-9-4-10-16-25/h2-20,27-31,33H,21H2,1H3/t27-,28+,29-,30-,31-/m1/s1. The van der Waals surface area contributed by atoms with Gasteiger partial charge in [0.2, 0.25) is 0 Å². The predicted molar refractivity (Wildman–Crippen MR) is 148 cm³/mol. The topological polar surface area (TPSA) is 91.3 Å². The molecule has 6 rings (SSSR count). The highest BCUT2D eigenvalue weighted by Crippen LogP contribution is 2.45. The molecule has 2 heterocycles. The van der Waals surface area contributed by atoms with E-state index in [9.17, 15) is 13.5 Å². The third kappa shape index (κ3) is 4.88. The fourth-order valence-corrected chi connectivity index (χ4v) is 6.51. The lowest BCUT2D eigenvalue weighted by molar-refractivity contribution is -0.246. The molecule has 2 saturated heterocycles. The van der Waals surface area contributed by atoms with Crippen LogP contribution in [-0.4, -0.2) is 50.8 Å². The number of aryl methyl sites for hydroxylation is 1. The monoisotopic (exact) mass is 558 g/mol. The van der Waals surface area contributed by atoms with Crippen molar-refractivity contribution in [3.63, 3.8) is 0 Å². The fraction of sp³-hybridized carbons (Fsp3) is 0.250. The zero-order chi connectivity index (χ0) is 27.7. The van der Waals surface area contributed by atoms with E-state index in [-0.39, 0.29) is 11.5 Å². The molecular formula is C32H30O7S. The first-order chi connectivity index (χ1) is 19.4. The number of aliphatic hydroxyl groups excluding tert-OH is 1. The molecule has 2 aliphatic rings. The van der Waals surface area contributed by atoms with Gasteiger partial charge in [-0.1, -0.05) is 109 Å². The first kappa shape index (κ1) is 26.8. The molecule has 0 saturated carbocycles. The highest BCUT2D eigenvalue weighted by Gasteiger charge is 2.56. The van der Waals surface area contributed by atoms with Crippen LogP contribution in [0, 0.1) is 6.92 Å². The van der Waals surface area contributed by atoms with Crippen molar-refractivity contribution < 1.29 is 31.9 Å². The molecule has 4 aromatic carbocycles. The van der Waals surface area contributed by atoms with Crippen molar-refractivity contribution in [2.45, 2.75) is 48.1 Å². The van der Waals surface area contributed by atoms with Crippen molar-refractivity contribution in [1.82, 2.24) is 0 Å². The van der Waals surface area contributed by atoms with Gasteiger partial charge in [-0.15, -0.1) is 0 Å². The zero-order valence-corrected chi connectivity index (χ0v) is 22.7. The summed E-state index contributed by atoms with van der Waals surface area (Å²) in [6.07, 6.45) is -5.40. The molecular weight excluding hydrogens is 528 g/mol. The molecule has 1 N–H and O–H groups in total. The first-order valence-electron chi connectivity index (χ1n) is 13.2. The summed E-state index contributed by atoms with van der Waals surface area (Å²) in [6.45, 7) is 1.98. The number of hydrogen-bond acceptors (Lipinski definition) is 7. The molecule has 2 fully saturated rings. The largest absolute Gasteiger partial charge is 0.387 e. The van der Waals surface area contributed by atoms with Gasteiger partial charge >= 0.3 is 0 Å². The second-order valence-corrected chi connectivity index (χ2v) is 11.6. The molecule has 8 heteroatoms. The smallest absolute Gasteiger partial charge is 0.297 e. The third-order valence-corrected chi connectivity index (χ3v) is 8.77. The van der Waals surface area contributed by atoms with Crippen LogP contribution in [0.15, 0.2) is 120 Å². The highest BCUT2D eigenvalue weighted by atomic mass is 32.2. The van der Waals surface area contributed by atoms with Crippen LogP contribution in [0.1, 0.15) is 22.3 Å². The Kier molecular flexibility index (Phi) is 7.31. The minimum atomic E-state index is -4.23. The predicted octanol–water partition coefficient (Wildman–Crippen LogP) is 4.56. The van der Waals surface area contributed by atoms with Crippen LogP contribution in [-0.2, 0) is 34.1 Å². The van der Waals surface area contributed by atoms with E-state index in [1.807, 2.05) is 97.9 Å². The van der Waals surface area contributed by atoms with Gasteiger partial charge in [0.25, 0.3) is 10.1 Å². The fourth-order valence-electron chi connectivity index (χ4n) is 5.43. The number of fused-ring (bicyclic) bond motifs is 2. The van der Waals surface area contributed by atoms with Crippen LogP contribution in [0.5, 0.6) is 0 Å². The molecule has 7 nitrogen and oxygen atoms in total. The first-order valence-corrected chi connectivity index (χ1v) is 14.6. The Morgan fingerprint density at radius 2 is 1.25 bits per heavy atom. The van der Waals surface area contributed by atoms with Crippen molar-refractivity contribution >= 4 is 10.1 Å². The Balaban J connectivity index is 1.42. The van der Waals surface area contributed by atoms with Crippen LogP contribution >= 0.6 is 0 Å². The van der Waals surface area contributed by atoms with E-state index in [0.717, 1.165) is 22.3 Å². The van der Waals surface area contributed by atoms with E-state index in [0.29, 0.717) is 0 Å². The van der Waals surface area contributed by atoms with E-state index in [1.54, 1.807) is 12.1 Å². The summed E-state index contributed by atoms with van der Waals surface area (Å²) >= 11 is 0. The van der Waals surface area contributed by atoms with Crippen LogP contribution in [0.25, 0.3) is 0 Å². The van der Waals surface area contributed by atoms with E-state index in [4.69, 9.17) is 18.4 Å². The van der Waals surface area contributed by atoms with E-state index in [2.05, 4.69) is 0 Å². The van der Waals surface area contributed by atoms with Gasteiger partial charge in [-0.25, -0.2) is 0 Å². The van der Waals surface area contributed by atoms with Gasteiger partial charge in [0.15, 0.2) is 12.4 Å². The highest BCUT2D eigenvalue weighted by molar-refractivity contribution is 7.86. The van der Waals surface area contributed by atoms with Gasteiger partial charge in [-0.2, -0.15) is 8.42 Å². The average molecular weight is 559 g/mol. The summed E-state index contributed by atoms with van der Waals surface area (Å²) in [5, 5.41) is 11.7. The van der Waals surface area contributed by atoms with E-state index in [1.165, 1.54) is 12.1 Å². The maximum absolute atomic E-state index is 13.2.